The zero-order chi connectivity index (χ0) is 14.8. The first kappa shape index (κ1) is 14.5. The molecule has 0 aromatic carbocycles. The Bertz CT molecular complexity index is 670. The number of carbonyl (C=O) groups is 2. The van der Waals surface area contributed by atoms with Crippen molar-refractivity contribution in [3.8, 4) is 0 Å². The van der Waals surface area contributed by atoms with Crippen LogP contribution in [0.5, 0.6) is 0 Å². The van der Waals surface area contributed by atoms with E-state index in [4.69, 9.17) is 0 Å². The van der Waals surface area contributed by atoms with Crippen LogP contribution >= 0.6 is 23.5 Å². The number of imide groups is 1. The highest BCUT2D eigenvalue weighted by Crippen LogP contribution is 2.34. The van der Waals surface area contributed by atoms with E-state index in [9.17, 15) is 9.59 Å². The summed E-state index contributed by atoms with van der Waals surface area (Å²) in [5.74, 6) is 0.170. The summed E-state index contributed by atoms with van der Waals surface area (Å²) in [4.78, 5) is 29.6. The molecule has 0 radical (unpaired) electrons. The summed E-state index contributed by atoms with van der Waals surface area (Å²) in [5.41, 5.74) is 0.865. The molecule has 2 amide bonds. The van der Waals surface area contributed by atoms with E-state index >= 15 is 0 Å². The Morgan fingerprint density at radius 3 is 3.00 bits per heavy atom. The maximum absolute atomic E-state index is 12.0. The van der Waals surface area contributed by atoms with Crippen LogP contribution in [-0.2, 0) is 4.79 Å². The number of hydrogen-bond acceptors (Lipinski definition) is 5. The van der Waals surface area contributed by atoms with Gasteiger partial charge in [-0.15, -0.1) is 0 Å². The van der Waals surface area contributed by atoms with Crippen molar-refractivity contribution >= 4 is 40.3 Å². The van der Waals surface area contributed by atoms with Gasteiger partial charge in [0.25, 0.3) is 5.24 Å². The van der Waals surface area contributed by atoms with Gasteiger partial charge in [-0.25, -0.2) is 4.98 Å². The number of aromatic nitrogens is 2. The quantitative estimate of drug-likeness (QED) is 0.791. The Hall–Kier alpha value is -1.47. The first-order valence-corrected chi connectivity index (χ1v) is 8.65. The first-order valence-electron chi connectivity index (χ1n) is 6.78. The second-order valence-corrected chi connectivity index (χ2v) is 6.82. The maximum atomic E-state index is 12.0. The molecule has 1 aliphatic heterocycles. The summed E-state index contributed by atoms with van der Waals surface area (Å²) in [6, 6.07) is 5.86. The van der Waals surface area contributed by atoms with Crippen LogP contribution in [0.2, 0.25) is 0 Å². The van der Waals surface area contributed by atoms with Crippen LogP contribution in [0, 0.1) is 0 Å². The van der Waals surface area contributed by atoms with Crippen molar-refractivity contribution in [2.75, 3.05) is 5.75 Å². The molecule has 2 aromatic rings. The fourth-order valence-electron chi connectivity index (χ4n) is 2.29. The van der Waals surface area contributed by atoms with Crippen LogP contribution < -0.4 is 0 Å². The summed E-state index contributed by atoms with van der Waals surface area (Å²) < 4.78 is 1.98. The lowest BCUT2D eigenvalue weighted by atomic mass is 10.3. The molecule has 3 heterocycles. The van der Waals surface area contributed by atoms with Gasteiger partial charge in [-0.05, 0) is 18.6 Å². The number of rotatable bonds is 5. The van der Waals surface area contributed by atoms with E-state index in [1.807, 2.05) is 28.8 Å². The topological polar surface area (TPSA) is 54.7 Å². The Balaban J connectivity index is 1.90. The van der Waals surface area contributed by atoms with Crippen LogP contribution in [-0.4, -0.2) is 36.6 Å². The second kappa shape index (κ2) is 6.11. The van der Waals surface area contributed by atoms with Gasteiger partial charge in [0.05, 0.1) is 16.2 Å². The molecular weight excluding hydrogens is 306 g/mol. The van der Waals surface area contributed by atoms with Gasteiger partial charge in [0.15, 0.2) is 0 Å². The van der Waals surface area contributed by atoms with Gasteiger partial charge in [0.1, 0.15) is 5.65 Å². The van der Waals surface area contributed by atoms with E-state index in [-0.39, 0.29) is 22.3 Å². The van der Waals surface area contributed by atoms with Crippen molar-refractivity contribution < 1.29 is 9.59 Å². The minimum atomic E-state index is -0.155. The van der Waals surface area contributed by atoms with Gasteiger partial charge in [0, 0.05) is 12.4 Å². The fourth-order valence-corrected chi connectivity index (χ4v) is 4.48. The minimum Gasteiger partial charge on any atom is -0.294 e. The van der Waals surface area contributed by atoms with Gasteiger partial charge in [-0.1, -0.05) is 42.9 Å². The number of hydrogen-bond donors (Lipinski definition) is 0. The third-order valence-electron chi connectivity index (χ3n) is 3.26. The Morgan fingerprint density at radius 2 is 2.29 bits per heavy atom. The Labute approximate surface area is 131 Å². The lowest BCUT2D eigenvalue weighted by Crippen LogP contribution is -2.37. The molecule has 0 N–H and O–H groups in total. The first-order chi connectivity index (χ1) is 10.2. The molecule has 0 spiro atoms. The van der Waals surface area contributed by atoms with Crippen molar-refractivity contribution in [3.05, 3.63) is 30.6 Å². The number of imidazole rings is 1. The van der Waals surface area contributed by atoms with Gasteiger partial charge in [0.2, 0.25) is 5.91 Å². The Morgan fingerprint density at radius 1 is 1.43 bits per heavy atom. The normalized spacial score (nSPS) is 16.9. The zero-order valence-corrected chi connectivity index (χ0v) is 13.2. The van der Waals surface area contributed by atoms with Crippen LogP contribution in [0.4, 0.5) is 4.79 Å². The molecule has 1 fully saturated rings. The van der Waals surface area contributed by atoms with Crippen LogP contribution in [0.15, 0.2) is 35.6 Å². The van der Waals surface area contributed by atoms with Gasteiger partial charge < -0.3 is 0 Å². The van der Waals surface area contributed by atoms with E-state index in [0.717, 1.165) is 35.3 Å². The van der Waals surface area contributed by atoms with Crippen molar-refractivity contribution in [2.24, 2.45) is 0 Å². The van der Waals surface area contributed by atoms with E-state index in [0.29, 0.717) is 0 Å². The predicted octanol–water partition coefficient (Wildman–Crippen LogP) is 3.25. The number of carbonyl (C=O) groups excluding carboxylic acids is 2. The molecule has 110 valence electrons. The van der Waals surface area contributed by atoms with Crippen LogP contribution in [0.1, 0.15) is 19.8 Å². The molecule has 2 aromatic heterocycles. The zero-order valence-electron chi connectivity index (χ0n) is 11.6. The van der Waals surface area contributed by atoms with Crippen LogP contribution in [0.3, 0.4) is 0 Å². The molecule has 0 saturated carbocycles. The highest BCUT2D eigenvalue weighted by Gasteiger charge is 2.36. The monoisotopic (exact) mass is 321 g/mol. The summed E-state index contributed by atoms with van der Waals surface area (Å²) in [6.45, 7) is 2.06. The van der Waals surface area contributed by atoms with E-state index in [1.54, 1.807) is 18.0 Å². The van der Waals surface area contributed by atoms with Crippen molar-refractivity contribution in [1.82, 2.24) is 14.3 Å². The summed E-state index contributed by atoms with van der Waals surface area (Å²) >= 11 is 2.63. The van der Waals surface area contributed by atoms with Crippen molar-refractivity contribution in [1.29, 1.82) is 0 Å². The molecule has 5 nitrogen and oxygen atoms in total. The number of nitrogens with zero attached hydrogens (tertiary/aromatic N) is 3. The average molecular weight is 321 g/mol. The highest BCUT2D eigenvalue weighted by molar-refractivity contribution is 8.14. The molecule has 21 heavy (non-hydrogen) atoms. The van der Waals surface area contributed by atoms with Crippen molar-refractivity contribution in [3.63, 3.8) is 0 Å². The molecule has 1 atom stereocenters. The van der Waals surface area contributed by atoms with Crippen LogP contribution in [0.25, 0.3) is 5.65 Å². The number of thioether (sulfide) groups is 2. The lowest BCUT2D eigenvalue weighted by Gasteiger charge is -2.24. The average Bonchev–Trinajstić information content (AvgIpc) is 3.06. The SMILES string of the molecule is CCCC(Sc1cccc2nccn12)N1C(=O)CSC1=O. The minimum absolute atomic E-state index is 0.0891. The smallest absolute Gasteiger partial charge is 0.289 e. The van der Waals surface area contributed by atoms with Gasteiger partial charge in [-0.3, -0.25) is 18.9 Å². The standard InChI is InChI=1S/C14H15N3O2S2/c1-2-4-13(17-11(18)9-20-14(17)19)21-12-6-3-5-10-15-7-8-16(10)12/h3,5-8,13H,2,4,9H2,1H3. The second-order valence-electron chi connectivity index (χ2n) is 4.70. The number of fused-ring (bicyclic) bond motifs is 1. The largest absolute Gasteiger partial charge is 0.294 e. The highest BCUT2D eigenvalue weighted by atomic mass is 32.2. The summed E-state index contributed by atoms with van der Waals surface area (Å²) in [5, 5.41) is 0.697. The third kappa shape index (κ3) is 2.80. The maximum Gasteiger partial charge on any atom is 0.289 e. The molecule has 0 aliphatic carbocycles. The predicted molar refractivity (Wildman–Crippen MR) is 84.4 cm³/mol. The van der Waals surface area contributed by atoms with Crippen molar-refractivity contribution in [2.45, 2.75) is 30.2 Å². The van der Waals surface area contributed by atoms with E-state index in [2.05, 4.69) is 11.9 Å². The molecule has 0 bridgehead atoms. The van der Waals surface area contributed by atoms with Gasteiger partial charge >= 0.3 is 0 Å². The molecule has 7 heteroatoms. The van der Waals surface area contributed by atoms with E-state index < -0.39 is 0 Å². The molecule has 3 rings (SSSR count). The number of pyridine rings is 1. The summed E-state index contributed by atoms with van der Waals surface area (Å²) in [6.07, 6.45) is 5.34. The Kier molecular flexibility index (Phi) is 4.21. The molecule has 1 saturated heterocycles. The molecular formula is C14H15N3O2S2. The fraction of sp³-hybridized carbons (Fsp3) is 0.357. The molecule has 1 unspecified atom stereocenters. The lowest BCUT2D eigenvalue weighted by molar-refractivity contribution is -0.125. The summed E-state index contributed by atoms with van der Waals surface area (Å²) in [7, 11) is 0. The number of amides is 2. The third-order valence-corrected chi connectivity index (χ3v) is 5.38. The molecule has 1 aliphatic rings. The van der Waals surface area contributed by atoms with E-state index in [1.165, 1.54) is 4.90 Å². The van der Waals surface area contributed by atoms with Gasteiger partial charge in [-0.2, -0.15) is 0 Å².